The molecule has 92 valence electrons. The molecule has 2 rings (SSSR count). The van der Waals surface area contributed by atoms with Crippen LogP contribution < -0.4 is 0 Å². The second-order valence-electron chi connectivity index (χ2n) is 3.69. The average Bonchev–Trinajstić information content (AvgIpc) is 2.35. The molecule has 1 aromatic carbocycles. The van der Waals surface area contributed by atoms with Crippen molar-refractivity contribution in [2.24, 2.45) is 0 Å². The molecule has 1 aromatic heterocycles. The molecule has 0 amide bonds. The normalized spacial score (nSPS) is 10.4. The number of hydrogen-bond donors (Lipinski definition) is 0. The Morgan fingerprint density at radius 3 is 2.67 bits per heavy atom. The quantitative estimate of drug-likeness (QED) is 0.757. The number of aromatic nitrogens is 1. The lowest BCUT2D eigenvalue weighted by molar-refractivity contribution is 0.0991. The molecule has 0 saturated heterocycles. The van der Waals surface area contributed by atoms with Gasteiger partial charge in [-0.15, -0.1) is 0 Å². The highest BCUT2D eigenvalue weighted by Crippen LogP contribution is 2.20. The molecule has 5 heteroatoms. The van der Waals surface area contributed by atoms with E-state index < -0.39 is 5.82 Å². The number of carbonyl (C=O) groups is 1. The molecule has 0 saturated carbocycles. The minimum atomic E-state index is -0.426. The highest BCUT2D eigenvalue weighted by molar-refractivity contribution is 9.10. The standard InChI is InChI=1S/C13H8Br2FNO/c14-8-1-3-10(17-7-8)6-13(18)11-5-9(16)2-4-12(11)15/h1-5,7H,6H2. The first-order valence-electron chi connectivity index (χ1n) is 5.15. The Bertz CT molecular complexity index is 584. The Labute approximate surface area is 121 Å². The predicted molar refractivity (Wildman–Crippen MR) is 74.1 cm³/mol. The second-order valence-corrected chi connectivity index (χ2v) is 5.46. The van der Waals surface area contributed by atoms with E-state index in [1.165, 1.54) is 18.2 Å². The average molecular weight is 373 g/mol. The van der Waals surface area contributed by atoms with Crippen molar-refractivity contribution < 1.29 is 9.18 Å². The minimum Gasteiger partial charge on any atom is -0.294 e. The van der Waals surface area contributed by atoms with Crippen molar-refractivity contribution in [3.8, 4) is 0 Å². The third-order valence-electron chi connectivity index (χ3n) is 2.36. The Kier molecular flexibility index (Phi) is 4.24. The van der Waals surface area contributed by atoms with E-state index in [4.69, 9.17) is 0 Å². The highest BCUT2D eigenvalue weighted by atomic mass is 79.9. The van der Waals surface area contributed by atoms with E-state index in [0.29, 0.717) is 15.7 Å². The topological polar surface area (TPSA) is 30.0 Å². The van der Waals surface area contributed by atoms with E-state index in [0.717, 1.165) is 4.47 Å². The summed E-state index contributed by atoms with van der Waals surface area (Å²) in [6.45, 7) is 0. The zero-order valence-corrected chi connectivity index (χ0v) is 12.3. The molecule has 0 aliphatic rings. The highest BCUT2D eigenvalue weighted by Gasteiger charge is 2.12. The number of rotatable bonds is 3. The summed E-state index contributed by atoms with van der Waals surface area (Å²) in [4.78, 5) is 16.1. The van der Waals surface area contributed by atoms with Gasteiger partial charge < -0.3 is 0 Å². The fourth-order valence-electron chi connectivity index (χ4n) is 1.48. The van der Waals surface area contributed by atoms with Gasteiger partial charge in [-0.2, -0.15) is 0 Å². The van der Waals surface area contributed by atoms with Crippen LogP contribution in [-0.2, 0) is 6.42 Å². The van der Waals surface area contributed by atoms with Gasteiger partial charge in [0.25, 0.3) is 0 Å². The van der Waals surface area contributed by atoms with Crippen LogP contribution in [0.2, 0.25) is 0 Å². The number of ketones is 1. The monoisotopic (exact) mass is 371 g/mol. The molecule has 0 unspecified atom stereocenters. The first kappa shape index (κ1) is 13.4. The van der Waals surface area contributed by atoms with Crippen LogP contribution in [0.5, 0.6) is 0 Å². The number of benzene rings is 1. The van der Waals surface area contributed by atoms with Crippen LogP contribution in [-0.4, -0.2) is 10.8 Å². The van der Waals surface area contributed by atoms with Gasteiger partial charge in [0.2, 0.25) is 0 Å². The summed E-state index contributed by atoms with van der Waals surface area (Å²) in [5.41, 5.74) is 0.985. The van der Waals surface area contributed by atoms with E-state index in [-0.39, 0.29) is 12.2 Å². The summed E-state index contributed by atoms with van der Waals surface area (Å²) in [5, 5.41) is 0. The summed E-state index contributed by atoms with van der Waals surface area (Å²) in [7, 11) is 0. The Hall–Kier alpha value is -1.07. The van der Waals surface area contributed by atoms with Crippen LogP contribution >= 0.6 is 31.9 Å². The smallest absolute Gasteiger partial charge is 0.170 e. The molecule has 0 fully saturated rings. The van der Waals surface area contributed by atoms with Crippen molar-refractivity contribution in [1.29, 1.82) is 0 Å². The van der Waals surface area contributed by atoms with Gasteiger partial charge in [0.15, 0.2) is 5.78 Å². The summed E-state index contributed by atoms with van der Waals surface area (Å²) in [6.07, 6.45) is 1.78. The van der Waals surface area contributed by atoms with E-state index >= 15 is 0 Å². The summed E-state index contributed by atoms with van der Waals surface area (Å²) in [6, 6.07) is 7.63. The van der Waals surface area contributed by atoms with Crippen LogP contribution in [0.4, 0.5) is 4.39 Å². The fourth-order valence-corrected chi connectivity index (χ4v) is 2.18. The fraction of sp³-hybridized carbons (Fsp3) is 0.0769. The number of carbonyl (C=O) groups excluding carboxylic acids is 1. The van der Waals surface area contributed by atoms with Crippen molar-refractivity contribution in [3.63, 3.8) is 0 Å². The molecular weight excluding hydrogens is 365 g/mol. The molecule has 0 aliphatic heterocycles. The Balaban J connectivity index is 2.21. The maximum absolute atomic E-state index is 13.1. The van der Waals surface area contributed by atoms with Crippen molar-refractivity contribution in [1.82, 2.24) is 4.98 Å². The molecule has 0 aliphatic carbocycles. The number of nitrogens with zero attached hydrogens (tertiary/aromatic N) is 1. The van der Waals surface area contributed by atoms with E-state index in [1.54, 1.807) is 12.3 Å². The summed E-state index contributed by atoms with van der Waals surface area (Å²) >= 11 is 6.51. The van der Waals surface area contributed by atoms with Gasteiger partial charge in [0, 0.05) is 26.4 Å². The second kappa shape index (κ2) is 5.71. The number of halogens is 3. The van der Waals surface area contributed by atoms with Crippen molar-refractivity contribution in [3.05, 3.63) is 62.5 Å². The summed E-state index contributed by atoms with van der Waals surface area (Å²) < 4.78 is 14.5. The minimum absolute atomic E-state index is 0.148. The van der Waals surface area contributed by atoms with Crippen molar-refractivity contribution in [2.75, 3.05) is 0 Å². The molecule has 0 atom stereocenters. The first-order valence-corrected chi connectivity index (χ1v) is 6.73. The molecule has 0 bridgehead atoms. The van der Waals surface area contributed by atoms with Crippen LogP contribution in [0.25, 0.3) is 0 Å². The molecule has 2 nitrogen and oxygen atoms in total. The largest absolute Gasteiger partial charge is 0.294 e. The maximum atomic E-state index is 13.1. The van der Waals surface area contributed by atoms with Gasteiger partial charge in [0.1, 0.15) is 5.82 Å². The third kappa shape index (κ3) is 3.23. The van der Waals surface area contributed by atoms with Crippen molar-refractivity contribution >= 4 is 37.6 Å². The van der Waals surface area contributed by atoms with Gasteiger partial charge in [-0.25, -0.2) is 4.39 Å². The van der Waals surface area contributed by atoms with Crippen molar-refractivity contribution in [2.45, 2.75) is 6.42 Å². The van der Waals surface area contributed by atoms with Gasteiger partial charge >= 0.3 is 0 Å². The lowest BCUT2D eigenvalue weighted by Gasteiger charge is -2.04. The van der Waals surface area contributed by atoms with Crippen LogP contribution in [0, 0.1) is 5.82 Å². The number of hydrogen-bond acceptors (Lipinski definition) is 2. The molecule has 0 N–H and O–H groups in total. The van der Waals surface area contributed by atoms with E-state index in [9.17, 15) is 9.18 Å². The molecule has 2 aromatic rings. The zero-order chi connectivity index (χ0) is 13.1. The zero-order valence-electron chi connectivity index (χ0n) is 9.16. The van der Waals surface area contributed by atoms with E-state index in [2.05, 4.69) is 36.8 Å². The Morgan fingerprint density at radius 2 is 2.00 bits per heavy atom. The predicted octanol–water partition coefficient (Wildman–Crippen LogP) is 4.17. The summed E-state index contributed by atoms with van der Waals surface area (Å²) in [5.74, 6) is -0.596. The third-order valence-corrected chi connectivity index (χ3v) is 3.52. The number of Topliss-reactive ketones (excluding diaryl/α,β-unsaturated/α-hetero) is 1. The Morgan fingerprint density at radius 1 is 1.22 bits per heavy atom. The molecule has 0 radical (unpaired) electrons. The van der Waals surface area contributed by atoms with Crippen LogP contribution in [0.3, 0.4) is 0 Å². The lowest BCUT2D eigenvalue weighted by Crippen LogP contribution is -2.06. The molecule has 0 spiro atoms. The first-order chi connectivity index (χ1) is 8.56. The maximum Gasteiger partial charge on any atom is 0.170 e. The van der Waals surface area contributed by atoms with Gasteiger partial charge in [0.05, 0.1) is 6.42 Å². The molecule has 18 heavy (non-hydrogen) atoms. The lowest BCUT2D eigenvalue weighted by atomic mass is 10.1. The molecule has 1 heterocycles. The van der Waals surface area contributed by atoms with Crippen LogP contribution in [0.15, 0.2) is 45.5 Å². The van der Waals surface area contributed by atoms with Gasteiger partial charge in [-0.1, -0.05) is 15.9 Å². The van der Waals surface area contributed by atoms with Gasteiger partial charge in [-0.05, 0) is 46.3 Å². The molecular formula is C13H8Br2FNO. The number of pyridine rings is 1. The van der Waals surface area contributed by atoms with Crippen LogP contribution in [0.1, 0.15) is 16.1 Å². The van der Waals surface area contributed by atoms with E-state index in [1.807, 2.05) is 6.07 Å². The van der Waals surface area contributed by atoms with Gasteiger partial charge in [-0.3, -0.25) is 9.78 Å². The SMILES string of the molecule is O=C(Cc1ccc(Br)cn1)c1cc(F)ccc1Br.